The van der Waals surface area contributed by atoms with E-state index in [1.807, 2.05) is 0 Å². The highest BCUT2D eigenvalue weighted by Gasteiger charge is 2.24. The topological polar surface area (TPSA) is 15.0 Å². The molecule has 1 rings (SSSR count). The summed E-state index contributed by atoms with van der Waals surface area (Å²) in [6.45, 7) is 4.54. The molecule has 14 heavy (non-hydrogen) atoms. The van der Waals surface area contributed by atoms with Gasteiger partial charge in [0.25, 0.3) is 0 Å². The van der Waals surface area contributed by atoms with Gasteiger partial charge in [0, 0.05) is 12.1 Å². The van der Waals surface area contributed by atoms with Gasteiger partial charge in [0.15, 0.2) is 5.71 Å². The number of allylic oxidation sites excluding steroid dienone is 1. The second kappa shape index (κ2) is 4.87. The molecule has 0 saturated carbocycles. The Kier molecular flexibility index (Phi) is 4.05. The Hall–Kier alpha value is -0.440. The summed E-state index contributed by atoms with van der Waals surface area (Å²) in [6, 6.07) is 0.583. The predicted octanol–water partition coefficient (Wildman–Crippen LogP) is 1.92. The molecular formula is C11H21N2S+. The molecule has 0 saturated heterocycles. The Labute approximate surface area is 91.5 Å². The summed E-state index contributed by atoms with van der Waals surface area (Å²) >= 11 is 1.79. The average molecular weight is 213 g/mol. The molecule has 2 nitrogen and oxygen atoms in total. The van der Waals surface area contributed by atoms with E-state index in [1.54, 1.807) is 11.8 Å². The first-order chi connectivity index (χ1) is 6.54. The van der Waals surface area contributed by atoms with Crippen LogP contribution in [0, 0.1) is 5.92 Å². The molecule has 0 aromatic rings. The summed E-state index contributed by atoms with van der Waals surface area (Å²) in [7, 11) is 4.24. The number of hydrogen-bond acceptors (Lipinski definition) is 2. The lowest BCUT2D eigenvalue weighted by atomic mass is 9.96. The van der Waals surface area contributed by atoms with Crippen molar-refractivity contribution in [1.82, 2.24) is 5.32 Å². The van der Waals surface area contributed by atoms with Gasteiger partial charge in [-0.2, -0.15) is 0 Å². The lowest BCUT2D eigenvalue weighted by Gasteiger charge is -2.27. The molecule has 1 unspecified atom stereocenters. The zero-order chi connectivity index (χ0) is 10.7. The molecule has 0 fully saturated rings. The zero-order valence-electron chi connectivity index (χ0n) is 9.79. The first-order valence-electron chi connectivity index (χ1n) is 5.10. The minimum absolute atomic E-state index is 0.583. The maximum absolute atomic E-state index is 3.56. The Balaban J connectivity index is 2.88. The third kappa shape index (κ3) is 2.77. The normalized spacial score (nSPS) is 22.0. The quantitative estimate of drug-likeness (QED) is 0.705. The molecule has 80 valence electrons. The van der Waals surface area contributed by atoms with Crippen LogP contribution in [-0.4, -0.2) is 36.7 Å². The van der Waals surface area contributed by atoms with Crippen LogP contribution in [-0.2, 0) is 0 Å². The lowest BCUT2D eigenvalue weighted by Crippen LogP contribution is -2.39. The largest absolute Gasteiger partial charge is 0.376 e. The molecule has 0 amide bonds. The highest BCUT2D eigenvalue weighted by Crippen LogP contribution is 2.20. The van der Waals surface area contributed by atoms with Gasteiger partial charge in [0.05, 0.1) is 11.4 Å². The SMILES string of the molecule is CSC1=CC(=[N+](C)C)CC(C(C)C)N1. The third-order valence-electron chi connectivity index (χ3n) is 2.65. The van der Waals surface area contributed by atoms with Crippen LogP contribution >= 0.6 is 11.8 Å². The van der Waals surface area contributed by atoms with Crippen LogP contribution in [0.15, 0.2) is 11.1 Å². The van der Waals surface area contributed by atoms with Gasteiger partial charge in [-0.25, -0.2) is 4.58 Å². The maximum Gasteiger partial charge on any atom is 0.180 e. The van der Waals surface area contributed by atoms with E-state index >= 15 is 0 Å². The Morgan fingerprint density at radius 1 is 1.50 bits per heavy atom. The second-order valence-corrected chi connectivity index (χ2v) is 5.15. The summed E-state index contributed by atoms with van der Waals surface area (Å²) in [6.07, 6.45) is 5.51. The van der Waals surface area contributed by atoms with Crippen LogP contribution in [0.3, 0.4) is 0 Å². The fourth-order valence-electron chi connectivity index (χ4n) is 1.54. The van der Waals surface area contributed by atoms with Crippen LogP contribution in [0.2, 0.25) is 0 Å². The van der Waals surface area contributed by atoms with Gasteiger partial charge >= 0.3 is 0 Å². The number of nitrogens with one attached hydrogen (secondary N) is 1. The van der Waals surface area contributed by atoms with Crippen molar-refractivity contribution in [3.8, 4) is 0 Å². The van der Waals surface area contributed by atoms with Crippen molar-refractivity contribution < 1.29 is 4.58 Å². The van der Waals surface area contributed by atoms with Gasteiger partial charge < -0.3 is 5.32 Å². The monoisotopic (exact) mass is 213 g/mol. The fraction of sp³-hybridized carbons (Fsp3) is 0.727. The van der Waals surface area contributed by atoms with E-state index in [2.05, 4.69) is 50.2 Å². The predicted molar refractivity (Wildman–Crippen MR) is 65.1 cm³/mol. The summed E-state index contributed by atoms with van der Waals surface area (Å²) in [4.78, 5) is 0. The Morgan fingerprint density at radius 3 is 2.57 bits per heavy atom. The van der Waals surface area contributed by atoms with Crippen molar-refractivity contribution in [3.05, 3.63) is 11.1 Å². The zero-order valence-corrected chi connectivity index (χ0v) is 10.6. The van der Waals surface area contributed by atoms with Gasteiger partial charge in [-0.1, -0.05) is 13.8 Å². The van der Waals surface area contributed by atoms with Crippen molar-refractivity contribution in [3.63, 3.8) is 0 Å². The van der Waals surface area contributed by atoms with E-state index in [1.165, 1.54) is 10.7 Å². The van der Waals surface area contributed by atoms with Crippen molar-refractivity contribution in [1.29, 1.82) is 0 Å². The van der Waals surface area contributed by atoms with Crippen LogP contribution < -0.4 is 5.32 Å². The minimum atomic E-state index is 0.583. The van der Waals surface area contributed by atoms with Crippen molar-refractivity contribution >= 4 is 17.5 Å². The molecule has 1 aliphatic heterocycles. The van der Waals surface area contributed by atoms with Gasteiger partial charge in [-0.3, -0.25) is 0 Å². The molecule has 1 N–H and O–H groups in total. The minimum Gasteiger partial charge on any atom is -0.376 e. The summed E-state index contributed by atoms with van der Waals surface area (Å²) < 4.78 is 2.21. The summed E-state index contributed by atoms with van der Waals surface area (Å²) in [5.41, 5.74) is 1.42. The second-order valence-electron chi connectivity index (χ2n) is 4.30. The fourth-order valence-corrected chi connectivity index (χ4v) is 2.07. The Morgan fingerprint density at radius 2 is 2.14 bits per heavy atom. The molecule has 1 heterocycles. The van der Waals surface area contributed by atoms with Crippen LogP contribution in [0.1, 0.15) is 20.3 Å². The molecule has 1 aliphatic rings. The summed E-state index contributed by atoms with van der Waals surface area (Å²) in [5.74, 6) is 0.681. The smallest absolute Gasteiger partial charge is 0.180 e. The van der Waals surface area contributed by atoms with Gasteiger partial charge in [-0.15, -0.1) is 11.8 Å². The van der Waals surface area contributed by atoms with E-state index < -0.39 is 0 Å². The van der Waals surface area contributed by atoms with E-state index in [0.29, 0.717) is 12.0 Å². The van der Waals surface area contributed by atoms with Crippen LogP contribution in [0.4, 0.5) is 0 Å². The van der Waals surface area contributed by atoms with Gasteiger partial charge in [0.2, 0.25) is 0 Å². The first-order valence-corrected chi connectivity index (χ1v) is 6.32. The van der Waals surface area contributed by atoms with Crippen LogP contribution in [0.25, 0.3) is 0 Å². The van der Waals surface area contributed by atoms with E-state index in [-0.39, 0.29) is 0 Å². The molecule has 0 aromatic carbocycles. The molecule has 0 aliphatic carbocycles. The van der Waals surface area contributed by atoms with Crippen molar-refractivity contribution in [2.24, 2.45) is 5.92 Å². The van der Waals surface area contributed by atoms with E-state index in [9.17, 15) is 0 Å². The first kappa shape index (κ1) is 11.6. The number of nitrogens with zero attached hydrogens (tertiary/aromatic N) is 1. The molecule has 0 aromatic heterocycles. The molecular weight excluding hydrogens is 192 g/mol. The number of rotatable bonds is 2. The lowest BCUT2D eigenvalue weighted by molar-refractivity contribution is -0.465. The molecule has 0 bridgehead atoms. The van der Waals surface area contributed by atoms with Crippen LogP contribution in [0.5, 0.6) is 0 Å². The highest BCUT2D eigenvalue weighted by molar-refractivity contribution is 8.02. The maximum atomic E-state index is 3.56. The van der Waals surface area contributed by atoms with Gasteiger partial charge in [0.1, 0.15) is 14.1 Å². The summed E-state index contributed by atoms with van der Waals surface area (Å²) in [5, 5.41) is 4.85. The van der Waals surface area contributed by atoms with Gasteiger partial charge in [-0.05, 0) is 12.2 Å². The number of thioether (sulfide) groups is 1. The number of hydrogen-bond donors (Lipinski definition) is 1. The standard InChI is InChI=1S/C11H20N2S/c1-8(2)10-6-9(13(3)4)7-11(12-10)14-5/h7-8,10H,6H2,1-5H3/p+1. The molecule has 0 radical (unpaired) electrons. The van der Waals surface area contributed by atoms with E-state index in [0.717, 1.165) is 6.42 Å². The highest BCUT2D eigenvalue weighted by atomic mass is 32.2. The average Bonchev–Trinajstić information content (AvgIpc) is 2.16. The molecule has 0 spiro atoms. The van der Waals surface area contributed by atoms with Crippen molar-refractivity contribution in [2.75, 3.05) is 20.4 Å². The molecule has 3 heteroatoms. The third-order valence-corrected chi connectivity index (χ3v) is 3.33. The van der Waals surface area contributed by atoms with E-state index in [4.69, 9.17) is 0 Å². The van der Waals surface area contributed by atoms with Crippen molar-refractivity contribution in [2.45, 2.75) is 26.3 Å². The Bertz CT molecular complexity index is 262. The molecule has 1 atom stereocenters.